The minimum Gasteiger partial charge on any atom is -0.454 e. The summed E-state index contributed by atoms with van der Waals surface area (Å²) in [6.07, 6.45) is 2.83. The van der Waals surface area contributed by atoms with Crippen molar-refractivity contribution >= 4 is 28.5 Å². The summed E-state index contributed by atoms with van der Waals surface area (Å²) in [7, 11) is 0. The fourth-order valence-corrected chi connectivity index (χ4v) is 2.32. The average Bonchev–Trinajstić information content (AvgIpc) is 2.89. The third-order valence-electron chi connectivity index (χ3n) is 3.22. The van der Waals surface area contributed by atoms with Crippen molar-refractivity contribution < 1.29 is 4.42 Å². The van der Waals surface area contributed by atoms with Gasteiger partial charge in [0.1, 0.15) is 11.3 Å². The first-order valence-corrected chi connectivity index (χ1v) is 7.32. The molecule has 0 radical (unpaired) electrons. The molecule has 2 aromatic heterocycles. The summed E-state index contributed by atoms with van der Waals surface area (Å²) in [5.41, 5.74) is 2.58. The average molecular weight is 302 g/mol. The predicted molar refractivity (Wildman–Crippen MR) is 85.8 cm³/mol. The summed E-state index contributed by atoms with van der Waals surface area (Å²) in [6, 6.07) is 7.53. The Morgan fingerprint density at radius 3 is 2.95 bits per heavy atom. The van der Waals surface area contributed by atoms with Crippen LogP contribution in [0.4, 0.5) is 5.95 Å². The summed E-state index contributed by atoms with van der Waals surface area (Å²) < 4.78 is 5.87. The van der Waals surface area contributed by atoms with Crippen LogP contribution in [-0.4, -0.2) is 16.5 Å². The number of aryl methyl sites for hydroxylation is 1. The molecule has 1 aromatic carbocycles. The Morgan fingerprint density at radius 2 is 2.14 bits per heavy atom. The molecule has 4 nitrogen and oxygen atoms in total. The highest BCUT2D eigenvalue weighted by Crippen LogP contribution is 2.30. The van der Waals surface area contributed by atoms with Gasteiger partial charge in [0.2, 0.25) is 5.95 Å². The van der Waals surface area contributed by atoms with Gasteiger partial charge in [-0.05, 0) is 43.2 Å². The summed E-state index contributed by atoms with van der Waals surface area (Å²) in [5, 5.41) is 4.85. The second-order valence-corrected chi connectivity index (χ2v) is 5.38. The molecule has 0 bridgehead atoms. The number of nitrogens with zero attached hydrogens (tertiary/aromatic N) is 2. The van der Waals surface area contributed by atoms with E-state index in [1.54, 1.807) is 6.20 Å². The fourth-order valence-electron chi connectivity index (χ4n) is 2.14. The van der Waals surface area contributed by atoms with E-state index in [1.165, 1.54) is 0 Å². The first kappa shape index (κ1) is 13.9. The van der Waals surface area contributed by atoms with E-state index in [-0.39, 0.29) is 0 Å². The van der Waals surface area contributed by atoms with Gasteiger partial charge < -0.3 is 9.73 Å². The van der Waals surface area contributed by atoms with E-state index in [0.29, 0.717) is 11.0 Å². The molecule has 1 N–H and O–H groups in total. The Labute approximate surface area is 128 Å². The van der Waals surface area contributed by atoms with Crippen LogP contribution in [-0.2, 0) is 0 Å². The fraction of sp³-hybridized carbons (Fsp3) is 0.250. The van der Waals surface area contributed by atoms with Crippen LogP contribution >= 0.6 is 11.6 Å². The Bertz CT molecular complexity index is 782. The van der Waals surface area contributed by atoms with Crippen LogP contribution in [0, 0.1) is 6.92 Å². The molecule has 0 unspecified atom stereocenters. The highest BCUT2D eigenvalue weighted by atomic mass is 35.5. The van der Waals surface area contributed by atoms with Crippen molar-refractivity contribution in [2.45, 2.75) is 20.3 Å². The zero-order valence-electron chi connectivity index (χ0n) is 12.0. The lowest BCUT2D eigenvalue weighted by atomic mass is 10.2. The van der Waals surface area contributed by atoms with Gasteiger partial charge >= 0.3 is 0 Å². The van der Waals surface area contributed by atoms with E-state index in [4.69, 9.17) is 16.0 Å². The molecule has 0 aliphatic rings. The minimum absolute atomic E-state index is 0.621. The maximum atomic E-state index is 6.01. The van der Waals surface area contributed by atoms with Gasteiger partial charge in [0.05, 0.1) is 0 Å². The summed E-state index contributed by atoms with van der Waals surface area (Å²) >= 11 is 6.01. The summed E-state index contributed by atoms with van der Waals surface area (Å²) in [4.78, 5) is 8.83. The summed E-state index contributed by atoms with van der Waals surface area (Å²) in [6.45, 7) is 4.92. The molecule has 0 saturated carbocycles. The van der Waals surface area contributed by atoms with Crippen molar-refractivity contribution in [1.29, 1.82) is 0 Å². The molecule has 0 spiro atoms. The minimum atomic E-state index is 0.621. The number of aromatic nitrogens is 2. The lowest BCUT2D eigenvalue weighted by Gasteiger charge is -2.06. The highest BCUT2D eigenvalue weighted by Gasteiger charge is 2.12. The summed E-state index contributed by atoms with van der Waals surface area (Å²) in [5.74, 6) is 1.35. The number of hydrogen-bond donors (Lipinski definition) is 1. The normalized spacial score (nSPS) is 11.0. The second kappa shape index (κ2) is 5.74. The van der Waals surface area contributed by atoms with Gasteiger partial charge in [-0.15, -0.1) is 0 Å². The van der Waals surface area contributed by atoms with E-state index in [0.717, 1.165) is 41.0 Å². The standard InChI is InChI=1S/C16H16ClN3O/c1-3-6-18-16-19-9-10(2)15(20-16)14-8-11-7-12(17)4-5-13(11)21-14/h4-5,7-9H,3,6H2,1-2H3,(H,18,19,20). The lowest BCUT2D eigenvalue weighted by Crippen LogP contribution is -2.05. The molecule has 0 fully saturated rings. The maximum absolute atomic E-state index is 6.01. The van der Waals surface area contributed by atoms with E-state index in [9.17, 15) is 0 Å². The van der Waals surface area contributed by atoms with E-state index in [2.05, 4.69) is 22.2 Å². The van der Waals surface area contributed by atoms with E-state index >= 15 is 0 Å². The van der Waals surface area contributed by atoms with Gasteiger partial charge in [-0.2, -0.15) is 0 Å². The lowest BCUT2D eigenvalue weighted by molar-refractivity contribution is 0.628. The zero-order valence-corrected chi connectivity index (χ0v) is 12.7. The third kappa shape index (κ3) is 2.85. The van der Waals surface area contributed by atoms with Crippen LogP contribution in [0.25, 0.3) is 22.4 Å². The molecular weight excluding hydrogens is 286 g/mol. The van der Waals surface area contributed by atoms with Crippen molar-refractivity contribution in [1.82, 2.24) is 9.97 Å². The second-order valence-electron chi connectivity index (χ2n) is 4.94. The zero-order chi connectivity index (χ0) is 14.8. The topological polar surface area (TPSA) is 51.0 Å². The number of furan rings is 1. The van der Waals surface area contributed by atoms with Crippen LogP contribution < -0.4 is 5.32 Å². The molecule has 21 heavy (non-hydrogen) atoms. The quantitative estimate of drug-likeness (QED) is 0.760. The molecule has 0 aliphatic carbocycles. The highest BCUT2D eigenvalue weighted by molar-refractivity contribution is 6.31. The molecule has 2 heterocycles. The van der Waals surface area contributed by atoms with Crippen molar-refractivity contribution in [3.05, 3.63) is 41.0 Å². The molecule has 5 heteroatoms. The molecule has 0 atom stereocenters. The first-order valence-electron chi connectivity index (χ1n) is 6.94. The van der Waals surface area contributed by atoms with Gasteiger partial charge in [0, 0.05) is 23.2 Å². The maximum Gasteiger partial charge on any atom is 0.223 e. The number of fused-ring (bicyclic) bond motifs is 1. The van der Waals surface area contributed by atoms with Gasteiger partial charge in [-0.25, -0.2) is 9.97 Å². The van der Waals surface area contributed by atoms with Crippen LogP contribution in [0.1, 0.15) is 18.9 Å². The smallest absolute Gasteiger partial charge is 0.223 e. The van der Waals surface area contributed by atoms with E-state index < -0.39 is 0 Å². The molecule has 3 rings (SSSR count). The Morgan fingerprint density at radius 1 is 1.29 bits per heavy atom. The van der Waals surface area contributed by atoms with Crippen molar-refractivity contribution in [2.24, 2.45) is 0 Å². The van der Waals surface area contributed by atoms with Gasteiger partial charge in [0.15, 0.2) is 5.76 Å². The molecular formula is C16H16ClN3O. The number of nitrogens with one attached hydrogen (secondary N) is 1. The number of rotatable bonds is 4. The van der Waals surface area contributed by atoms with Gasteiger partial charge in [-0.1, -0.05) is 18.5 Å². The molecule has 108 valence electrons. The Balaban J connectivity index is 2.04. The molecule has 0 aliphatic heterocycles. The van der Waals surface area contributed by atoms with E-state index in [1.807, 2.05) is 31.2 Å². The Kier molecular flexibility index (Phi) is 3.80. The monoisotopic (exact) mass is 301 g/mol. The van der Waals surface area contributed by atoms with Crippen molar-refractivity contribution in [3.63, 3.8) is 0 Å². The molecule has 0 amide bonds. The number of anilines is 1. The van der Waals surface area contributed by atoms with Gasteiger partial charge in [0.25, 0.3) is 0 Å². The molecule has 0 saturated heterocycles. The van der Waals surface area contributed by atoms with Crippen molar-refractivity contribution in [2.75, 3.05) is 11.9 Å². The van der Waals surface area contributed by atoms with Gasteiger partial charge in [-0.3, -0.25) is 0 Å². The van der Waals surface area contributed by atoms with Crippen LogP contribution in [0.2, 0.25) is 5.02 Å². The largest absolute Gasteiger partial charge is 0.454 e. The van der Waals surface area contributed by atoms with Crippen LogP contribution in [0.3, 0.4) is 0 Å². The predicted octanol–water partition coefficient (Wildman–Crippen LogP) is 4.67. The number of hydrogen-bond acceptors (Lipinski definition) is 4. The Hall–Kier alpha value is -2.07. The van der Waals surface area contributed by atoms with Crippen molar-refractivity contribution in [3.8, 4) is 11.5 Å². The first-order chi connectivity index (χ1) is 10.2. The SMILES string of the molecule is CCCNc1ncc(C)c(-c2cc3cc(Cl)ccc3o2)n1. The van der Waals surface area contributed by atoms with Crippen LogP contribution in [0.15, 0.2) is 34.9 Å². The molecule has 3 aromatic rings. The third-order valence-corrected chi connectivity index (χ3v) is 3.45. The van der Waals surface area contributed by atoms with Crippen LogP contribution in [0.5, 0.6) is 0 Å². The number of benzene rings is 1. The number of halogens is 1.